The minimum Gasteiger partial charge on any atom is -0.328 e. The monoisotopic (exact) mass is 297 g/mol. The molecule has 0 radical (unpaired) electrons. The zero-order valence-corrected chi connectivity index (χ0v) is 11.0. The lowest BCUT2D eigenvalue weighted by atomic mass is 10.2. The highest BCUT2D eigenvalue weighted by Crippen LogP contribution is 2.27. The van der Waals surface area contributed by atoms with Gasteiger partial charge < -0.3 is 4.84 Å². The molecule has 0 bridgehead atoms. The van der Waals surface area contributed by atoms with Gasteiger partial charge in [0.05, 0.1) is 17.7 Å². The molecule has 0 saturated carbocycles. The minimum atomic E-state index is -4.47. The van der Waals surface area contributed by atoms with Gasteiger partial charge >= 0.3 is 5.97 Å². The zero-order valence-electron chi connectivity index (χ0n) is 10.2. The van der Waals surface area contributed by atoms with Crippen LogP contribution in [-0.4, -0.2) is 35.2 Å². The van der Waals surface area contributed by atoms with Crippen LogP contribution in [0.15, 0.2) is 42.6 Å². The van der Waals surface area contributed by atoms with Crippen LogP contribution in [0, 0.1) is 0 Å². The summed E-state index contributed by atoms with van der Waals surface area (Å²) in [6, 6.07) is 7.87. The van der Waals surface area contributed by atoms with Crippen molar-refractivity contribution < 1.29 is 27.4 Å². The second kappa shape index (κ2) is 5.06. The Balaban J connectivity index is 2.17. The van der Waals surface area contributed by atoms with Gasteiger partial charge in [0.15, 0.2) is 0 Å². The van der Waals surface area contributed by atoms with Gasteiger partial charge in [-0.1, -0.05) is 24.8 Å². The normalized spacial score (nSPS) is 19.2. The van der Waals surface area contributed by atoms with Gasteiger partial charge in [0.1, 0.15) is 5.25 Å². The van der Waals surface area contributed by atoms with E-state index in [4.69, 9.17) is 9.39 Å². The first-order valence-corrected chi connectivity index (χ1v) is 7.06. The van der Waals surface area contributed by atoms with E-state index in [2.05, 4.69) is 6.58 Å². The molecule has 106 valence electrons. The van der Waals surface area contributed by atoms with Crippen molar-refractivity contribution in [3.05, 3.63) is 48.2 Å². The maximum Gasteiger partial charge on any atom is 0.363 e. The van der Waals surface area contributed by atoms with Gasteiger partial charge in [0.25, 0.3) is 16.0 Å². The summed E-state index contributed by atoms with van der Waals surface area (Å²) in [7, 11) is -4.47. The topological polar surface area (TPSA) is 101 Å². The molecule has 1 aliphatic rings. The lowest BCUT2D eigenvalue weighted by molar-refractivity contribution is -0.153. The molecule has 20 heavy (non-hydrogen) atoms. The number of hydrogen-bond acceptors (Lipinski definition) is 5. The van der Waals surface area contributed by atoms with Crippen molar-refractivity contribution in [3.8, 4) is 0 Å². The average molecular weight is 297 g/mol. The van der Waals surface area contributed by atoms with Gasteiger partial charge in [-0.15, -0.1) is 5.06 Å². The van der Waals surface area contributed by atoms with Crippen LogP contribution in [-0.2, 0) is 19.8 Å². The number of rotatable bonds is 3. The van der Waals surface area contributed by atoms with Crippen LogP contribution in [0.1, 0.15) is 16.8 Å². The van der Waals surface area contributed by atoms with Crippen LogP contribution in [0.3, 0.4) is 0 Å². The molecule has 1 aliphatic heterocycles. The maximum atomic E-state index is 11.8. The van der Waals surface area contributed by atoms with Gasteiger partial charge in [0, 0.05) is 0 Å². The number of carbonyl (C=O) groups is 2. The fourth-order valence-electron chi connectivity index (χ4n) is 1.75. The quantitative estimate of drug-likeness (QED) is 0.827. The molecule has 1 amide bonds. The molecule has 0 spiro atoms. The molecule has 1 atom stereocenters. The average Bonchev–Trinajstić information content (AvgIpc) is 2.67. The number of hydroxylamine groups is 2. The maximum absolute atomic E-state index is 11.8. The lowest BCUT2D eigenvalue weighted by Gasteiger charge is -2.16. The molecule has 0 aromatic heterocycles. The second-order valence-electron chi connectivity index (χ2n) is 4.13. The molecular weight excluding hydrogens is 286 g/mol. The van der Waals surface area contributed by atoms with Gasteiger partial charge in [-0.2, -0.15) is 8.42 Å². The van der Waals surface area contributed by atoms with E-state index in [1.54, 1.807) is 18.2 Å². The standard InChI is InChI=1S/C12H11NO6S/c1-8-10(20(16,17)18)7-11(14)13(8)19-12(15)9-5-3-2-4-6-9/h2-6,10H,1,7H2,(H,16,17,18). The third-order valence-electron chi connectivity index (χ3n) is 2.76. The van der Waals surface area contributed by atoms with Crippen molar-refractivity contribution >= 4 is 22.0 Å². The highest BCUT2D eigenvalue weighted by molar-refractivity contribution is 7.86. The Morgan fingerprint density at radius 2 is 1.95 bits per heavy atom. The first kappa shape index (κ1) is 14.2. The number of nitrogens with zero attached hydrogens (tertiary/aromatic N) is 1. The summed E-state index contributed by atoms with van der Waals surface area (Å²) in [6.45, 7) is 3.37. The van der Waals surface area contributed by atoms with Crippen molar-refractivity contribution in [1.29, 1.82) is 0 Å². The summed E-state index contributed by atoms with van der Waals surface area (Å²) >= 11 is 0. The van der Waals surface area contributed by atoms with E-state index in [0.29, 0.717) is 5.06 Å². The second-order valence-corrected chi connectivity index (χ2v) is 5.73. The van der Waals surface area contributed by atoms with Gasteiger partial charge in [-0.3, -0.25) is 9.35 Å². The Morgan fingerprint density at radius 3 is 2.45 bits per heavy atom. The van der Waals surface area contributed by atoms with E-state index in [-0.39, 0.29) is 11.3 Å². The number of benzene rings is 1. The van der Waals surface area contributed by atoms with Crippen LogP contribution in [0.4, 0.5) is 0 Å². The molecule has 1 aromatic rings. The van der Waals surface area contributed by atoms with E-state index >= 15 is 0 Å². The highest BCUT2D eigenvalue weighted by Gasteiger charge is 2.43. The first-order chi connectivity index (χ1) is 9.30. The van der Waals surface area contributed by atoms with Gasteiger partial charge in [-0.25, -0.2) is 4.79 Å². The molecule has 2 rings (SSSR count). The predicted octanol–water partition coefficient (Wildman–Crippen LogP) is 0.761. The van der Waals surface area contributed by atoms with Crippen LogP contribution in [0.25, 0.3) is 0 Å². The number of hydrogen-bond donors (Lipinski definition) is 1. The predicted molar refractivity (Wildman–Crippen MR) is 67.8 cm³/mol. The van der Waals surface area contributed by atoms with E-state index < -0.39 is 33.7 Å². The molecule has 1 fully saturated rings. The smallest absolute Gasteiger partial charge is 0.328 e. The Morgan fingerprint density at radius 1 is 1.35 bits per heavy atom. The van der Waals surface area contributed by atoms with Crippen LogP contribution < -0.4 is 0 Å². The third kappa shape index (κ3) is 2.70. The fraction of sp³-hybridized carbons (Fsp3) is 0.167. The lowest BCUT2D eigenvalue weighted by Crippen LogP contribution is -2.28. The molecule has 7 nitrogen and oxygen atoms in total. The molecular formula is C12H11NO6S. The summed E-state index contributed by atoms with van der Waals surface area (Å²) in [5, 5.41) is -0.980. The van der Waals surface area contributed by atoms with E-state index in [9.17, 15) is 18.0 Å². The summed E-state index contributed by atoms with van der Waals surface area (Å²) in [4.78, 5) is 28.2. The fourth-order valence-corrected chi connectivity index (χ4v) is 2.54. The largest absolute Gasteiger partial charge is 0.363 e. The molecule has 1 saturated heterocycles. The van der Waals surface area contributed by atoms with Crippen LogP contribution in [0.2, 0.25) is 0 Å². The number of carbonyl (C=O) groups excluding carboxylic acids is 2. The Bertz CT molecular complexity index is 666. The summed E-state index contributed by atoms with van der Waals surface area (Å²) in [5.41, 5.74) is -0.0924. The molecule has 1 N–H and O–H groups in total. The Labute approximate surface area is 115 Å². The first-order valence-electron chi connectivity index (χ1n) is 5.56. The highest BCUT2D eigenvalue weighted by atomic mass is 32.2. The Kier molecular flexibility index (Phi) is 3.60. The molecule has 0 aliphatic carbocycles. The van der Waals surface area contributed by atoms with Crippen molar-refractivity contribution in [2.45, 2.75) is 11.7 Å². The Hall–Kier alpha value is -2.19. The molecule has 1 unspecified atom stereocenters. The van der Waals surface area contributed by atoms with Crippen molar-refractivity contribution in [2.24, 2.45) is 0 Å². The van der Waals surface area contributed by atoms with Gasteiger partial charge in [0.2, 0.25) is 0 Å². The van der Waals surface area contributed by atoms with Gasteiger partial charge in [-0.05, 0) is 12.1 Å². The summed E-state index contributed by atoms with van der Waals surface area (Å²) in [6.07, 6.45) is -0.514. The molecule has 1 heterocycles. The van der Waals surface area contributed by atoms with E-state index in [1.807, 2.05) is 0 Å². The molecule has 8 heteroatoms. The van der Waals surface area contributed by atoms with Crippen molar-refractivity contribution in [3.63, 3.8) is 0 Å². The number of amides is 1. The van der Waals surface area contributed by atoms with Crippen LogP contribution in [0.5, 0.6) is 0 Å². The zero-order chi connectivity index (χ0) is 14.9. The summed E-state index contributed by atoms with van der Waals surface area (Å²) < 4.78 is 31.1. The molecule has 1 aromatic carbocycles. The van der Waals surface area contributed by atoms with E-state index in [0.717, 1.165) is 0 Å². The van der Waals surface area contributed by atoms with Crippen LogP contribution >= 0.6 is 0 Å². The third-order valence-corrected chi connectivity index (χ3v) is 3.92. The SMILES string of the molecule is C=C1C(S(=O)(=O)O)CC(=O)N1OC(=O)c1ccccc1. The van der Waals surface area contributed by atoms with Crippen molar-refractivity contribution in [1.82, 2.24) is 5.06 Å². The minimum absolute atomic E-state index is 0.198. The summed E-state index contributed by atoms with van der Waals surface area (Å²) in [5.74, 6) is -1.59. The van der Waals surface area contributed by atoms with Crippen molar-refractivity contribution in [2.75, 3.05) is 0 Å². The van der Waals surface area contributed by atoms with E-state index in [1.165, 1.54) is 12.1 Å².